The van der Waals surface area contributed by atoms with Gasteiger partial charge >= 0.3 is 23.6 Å². The molecule has 1 atom stereocenters. The van der Waals surface area contributed by atoms with Crippen molar-refractivity contribution in [1.29, 1.82) is 0 Å². The molecule has 0 radical (unpaired) electrons. The van der Waals surface area contributed by atoms with Gasteiger partial charge in [-0.2, -0.15) is 26.3 Å². The molecule has 41 heavy (non-hydrogen) atoms. The predicted octanol–water partition coefficient (Wildman–Crippen LogP) is 6.14. The maximum atomic E-state index is 14.8. The van der Waals surface area contributed by atoms with Gasteiger partial charge in [-0.1, -0.05) is 36.4 Å². The molecule has 0 spiro atoms. The summed E-state index contributed by atoms with van der Waals surface area (Å²) < 4.78 is 96.2. The molecular weight excluding hydrogens is 564 g/mol. The van der Waals surface area contributed by atoms with Gasteiger partial charge in [-0.15, -0.1) is 10.2 Å². The lowest BCUT2D eigenvalue weighted by atomic mass is 9.94. The van der Waals surface area contributed by atoms with Crippen LogP contribution in [0.5, 0.6) is 0 Å². The minimum Gasteiger partial charge on any atom is -0.415 e. The third kappa shape index (κ3) is 5.91. The lowest BCUT2D eigenvalue weighted by Crippen LogP contribution is -2.51. The Labute approximate surface area is 227 Å². The quantitative estimate of drug-likeness (QED) is 0.218. The summed E-state index contributed by atoms with van der Waals surface area (Å²) in [5.41, 5.74) is -8.48. The minimum absolute atomic E-state index is 0.0182. The smallest absolute Gasteiger partial charge is 0.415 e. The molecule has 0 amide bonds. The number of hydrogen-bond acceptors (Lipinski definition) is 9. The largest absolute Gasteiger partial charge is 0.434 e. The summed E-state index contributed by atoms with van der Waals surface area (Å²) in [6.45, 7) is 2.22. The summed E-state index contributed by atoms with van der Waals surface area (Å²) in [6.07, 6.45) is -8.90. The predicted molar refractivity (Wildman–Crippen MR) is 129 cm³/mol. The van der Waals surface area contributed by atoms with Gasteiger partial charge in [-0.25, -0.2) is 4.98 Å². The maximum Gasteiger partial charge on any atom is 0.434 e. The number of carbonyl (C=O) groups excluding carboxylic acids is 1. The fraction of sp³-hybridized carbons (Fsp3) is 0.360. The van der Waals surface area contributed by atoms with Gasteiger partial charge in [0.25, 0.3) is 11.8 Å². The first kappa shape index (κ1) is 29.6. The number of aromatic nitrogens is 3. The number of hydrogen-bond donors (Lipinski definition) is 1. The Kier molecular flexibility index (Phi) is 7.64. The van der Waals surface area contributed by atoms with Crippen molar-refractivity contribution >= 4 is 17.3 Å². The third-order valence-electron chi connectivity index (χ3n) is 6.14. The standard InChI is InChI=1S/C25H21F6N5O5/c1-22(2)11-7-6-10-17(37)23(25(29,30)31,40-13-14-8-4-3-5-9-14)21-35-34-20(41-21)18-16(36(38)39)12-15(24(26,27)28)19(32-18)33-22/h3-6,8-10,12H,7,11,13H2,1-2H3,(H,32,33). The highest BCUT2D eigenvalue weighted by Crippen LogP contribution is 2.46. The number of alkyl halides is 6. The zero-order valence-electron chi connectivity index (χ0n) is 21.3. The van der Waals surface area contributed by atoms with Crippen molar-refractivity contribution < 1.29 is 45.2 Å². The van der Waals surface area contributed by atoms with E-state index in [1.54, 1.807) is 6.07 Å². The van der Waals surface area contributed by atoms with Crippen molar-refractivity contribution in [1.82, 2.24) is 15.2 Å². The third-order valence-corrected chi connectivity index (χ3v) is 6.14. The molecule has 1 aliphatic rings. The summed E-state index contributed by atoms with van der Waals surface area (Å²) in [6, 6.07) is 7.73. The lowest BCUT2D eigenvalue weighted by Gasteiger charge is -2.30. The van der Waals surface area contributed by atoms with Crippen LogP contribution in [0.25, 0.3) is 11.6 Å². The first-order chi connectivity index (χ1) is 19.0. The number of halogens is 6. The molecule has 1 aromatic carbocycles. The van der Waals surface area contributed by atoms with Gasteiger partial charge < -0.3 is 14.5 Å². The van der Waals surface area contributed by atoms with Crippen molar-refractivity contribution in [3.63, 3.8) is 0 Å². The van der Waals surface area contributed by atoms with E-state index in [-0.39, 0.29) is 24.5 Å². The molecule has 3 aromatic rings. The van der Waals surface area contributed by atoms with Gasteiger partial charge in [-0.05, 0) is 38.3 Å². The van der Waals surface area contributed by atoms with Gasteiger partial charge in [0, 0.05) is 11.6 Å². The number of nitrogens with zero attached hydrogens (tertiary/aromatic N) is 4. The second-order valence-electron chi connectivity index (χ2n) is 9.69. The van der Waals surface area contributed by atoms with E-state index in [9.17, 15) is 41.3 Å². The van der Waals surface area contributed by atoms with Crippen molar-refractivity contribution in [2.24, 2.45) is 0 Å². The van der Waals surface area contributed by atoms with E-state index >= 15 is 0 Å². The SMILES string of the molecule is CC1(C)CCC=CC(=O)C(OCc2ccccc2)(C(F)(F)F)c2nnc(o2)-c2nc(c(C(F)(F)F)cc2[N+](=O)[O-])N1. The van der Waals surface area contributed by atoms with Crippen LogP contribution < -0.4 is 5.32 Å². The van der Waals surface area contributed by atoms with Crippen LogP contribution in [0.4, 0.5) is 37.8 Å². The van der Waals surface area contributed by atoms with Crippen molar-refractivity contribution in [3.8, 4) is 11.6 Å². The highest BCUT2D eigenvalue weighted by atomic mass is 19.4. The van der Waals surface area contributed by atoms with Gasteiger partial charge in [0.1, 0.15) is 11.4 Å². The summed E-state index contributed by atoms with van der Waals surface area (Å²) in [7, 11) is 0. The van der Waals surface area contributed by atoms with E-state index in [0.29, 0.717) is 6.08 Å². The number of ketones is 1. The first-order valence-corrected chi connectivity index (χ1v) is 11.9. The van der Waals surface area contributed by atoms with E-state index in [2.05, 4.69) is 20.5 Å². The van der Waals surface area contributed by atoms with Gasteiger partial charge in [0.15, 0.2) is 0 Å². The molecule has 0 saturated carbocycles. The second kappa shape index (κ2) is 10.6. The van der Waals surface area contributed by atoms with Crippen molar-refractivity contribution in [3.05, 3.63) is 75.7 Å². The van der Waals surface area contributed by atoms with E-state index in [1.807, 2.05) is 0 Å². The molecule has 4 bridgehead atoms. The van der Waals surface area contributed by atoms with Crippen LogP contribution in [0.2, 0.25) is 0 Å². The highest BCUT2D eigenvalue weighted by molar-refractivity contribution is 5.98. The van der Waals surface area contributed by atoms with Crippen LogP contribution >= 0.6 is 0 Å². The van der Waals surface area contributed by atoms with Crippen LogP contribution in [-0.4, -0.2) is 37.6 Å². The fourth-order valence-electron chi connectivity index (χ4n) is 4.05. The number of nitrogens with one attached hydrogen (secondary N) is 1. The monoisotopic (exact) mass is 585 g/mol. The van der Waals surface area contributed by atoms with Crippen LogP contribution in [-0.2, 0) is 27.9 Å². The average molecular weight is 585 g/mol. The zero-order valence-corrected chi connectivity index (χ0v) is 21.3. The molecule has 1 N–H and O–H groups in total. The minimum atomic E-state index is -5.49. The van der Waals surface area contributed by atoms with Gasteiger partial charge in [0.05, 0.1) is 11.5 Å². The lowest BCUT2D eigenvalue weighted by molar-refractivity contribution is -0.384. The Morgan fingerprint density at radius 1 is 1.12 bits per heavy atom. The van der Waals surface area contributed by atoms with Crippen molar-refractivity contribution in [2.45, 2.75) is 56.8 Å². The van der Waals surface area contributed by atoms with Crippen LogP contribution in [0.3, 0.4) is 0 Å². The molecule has 0 saturated heterocycles. The van der Waals surface area contributed by atoms with Crippen LogP contribution in [0.1, 0.15) is 43.7 Å². The topological polar surface area (TPSA) is 133 Å². The number of nitro groups is 1. The Bertz CT molecular complexity index is 1490. The summed E-state index contributed by atoms with van der Waals surface area (Å²) in [5.74, 6) is -4.95. The molecule has 4 rings (SSSR count). The van der Waals surface area contributed by atoms with E-state index < -0.39 is 75.4 Å². The molecule has 1 aliphatic heterocycles. The number of rotatable bonds is 4. The van der Waals surface area contributed by atoms with Crippen molar-refractivity contribution in [2.75, 3.05) is 5.32 Å². The molecule has 10 nitrogen and oxygen atoms in total. The fourth-order valence-corrected chi connectivity index (χ4v) is 4.05. The summed E-state index contributed by atoms with van der Waals surface area (Å²) in [5, 5.41) is 21.0. The second-order valence-corrected chi connectivity index (χ2v) is 9.69. The molecule has 0 fully saturated rings. The number of carbonyl (C=O) groups is 1. The molecule has 0 aliphatic carbocycles. The first-order valence-electron chi connectivity index (χ1n) is 11.9. The van der Waals surface area contributed by atoms with Gasteiger partial charge in [-0.3, -0.25) is 14.9 Å². The zero-order chi connectivity index (χ0) is 30.2. The number of ether oxygens (including phenoxy) is 1. The number of anilines is 1. The van der Waals surface area contributed by atoms with E-state index in [4.69, 9.17) is 9.15 Å². The molecule has 1 unspecified atom stereocenters. The van der Waals surface area contributed by atoms with Crippen LogP contribution in [0.15, 0.2) is 53.0 Å². The Hall–Kier alpha value is -4.34. The maximum absolute atomic E-state index is 14.8. The number of pyridine rings is 1. The number of allylic oxidation sites excluding steroid dienone is 1. The molecule has 16 heteroatoms. The summed E-state index contributed by atoms with van der Waals surface area (Å²) >= 11 is 0. The molecule has 3 heterocycles. The number of fused-ring (bicyclic) bond motifs is 5. The molecule has 218 valence electrons. The summed E-state index contributed by atoms with van der Waals surface area (Å²) in [4.78, 5) is 27.4. The van der Waals surface area contributed by atoms with Gasteiger partial charge in [0.2, 0.25) is 11.5 Å². The highest BCUT2D eigenvalue weighted by Gasteiger charge is 2.66. The molecule has 2 aromatic heterocycles. The van der Waals surface area contributed by atoms with E-state index in [1.165, 1.54) is 38.1 Å². The van der Waals surface area contributed by atoms with Crippen LogP contribution in [0, 0.1) is 10.1 Å². The normalized spacial score (nSPS) is 19.4. The Morgan fingerprint density at radius 3 is 2.41 bits per heavy atom. The Balaban J connectivity index is 1.99. The Morgan fingerprint density at radius 2 is 1.80 bits per heavy atom. The molecular formula is C25H21F6N5O5. The van der Waals surface area contributed by atoms with E-state index in [0.717, 1.165) is 6.08 Å². The number of benzene rings is 1. The average Bonchev–Trinajstić information content (AvgIpc) is 3.35.